The molecule has 3 rings (SSSR count). The van der Waals surface area contributed by atoms with Gasteiger partial charge in [0.1, 0.15) is 6.10 Å². The van der Waals surface area contributed by atoms with Gasteiger partial charge in [-0.15, -0.1) is 0 Å². The van der Waals surface area contributed by atoms with Crippen LogP contribution in [0.4, 0.5) is 10.5 Å². The summed E-state index contributed by atoms with van der Waals surface area (Å²) < 4.78 is 12.7. The number of amides is 2. The zero-order chi connectivity index (χ0) is 18.5. The summed E-state index contributed by atoms with van der Waals surface area (Å²) in [6.07, 6.45) is 3.33. The highest BCUT2D eigenvalue weighted by atomic mass is 16.5. The molecule has 0 spiro atoms. The largest absolute Gasteiger partial charge is 0.368 e. The number of nitrogens with zero attached hydrogens (tertiary/aromatic N) is 4. The van der Waals surface area contributed by atoms with Gasteiger partial charge in [0.15, 0.2) is 5.82 Å². The van der Waals surface area contributed by atoms with E-state index in [2.05, 4.69) is 32.8 Å². The molecule has 0 aromatic carbocycles. The van der Waals surface area contributed by atoms with E-state index in [0.29, 0.717) is 24.7 Å². The first-order valence-electron chi connectivity index (χ1n) is 9.11. The van der Waals surface area contributed by atoms with Crippen molar-refractivity contribution in [3.63, 3.8) is 0 Å². The Hall–Kier alpha value is -2.42. The van der Waals surface area contributed by atoms with Gasteiger partial charge < -0.3 is 19.9 Å². The highest BCUT2D eigenvalue weighted by molar-refractivity contribution is 5.90. The van der Waals surface area contributed by atoms with E-state index in [-0.39, 0.29) is 12.1 Å². The van der Waals surface area contributed by atoms with Crippen LogP contribution in [0.1, 0.15) is 55.4 Å². The number of carbonyl (C=O) groups excluding carboxylic acids is 1. The van der Waals surface area contributed by atoms with Gasteiger partial charge in [0, 0.05) is 26.1 Å². The van der Waals surface area contributed by atoms with Gasteiger partial charge in [-0.2, -0.15) is 10.1 Å². The molecule has 142 valence electrons. The number of anilines is 1. The van der Waals surface area contributed by atoms with Crippen molar-refractivity contribution in [3.05, 3.63) is 23.1 Å². The number of ether oxygens (including phenoxy) is 1. The molecule has 1 atom stereocenters. The van der Waals surface area contributed by atoms with Crippen molar-refractivity contribution in [2.45, 2.75) is 59.1 Å². The van der Waals surface area contributed by atoms with Crippen LogP contribution in [0, 0.1) is 13.8 Å². The Balaban J connectivity index is 1.47. The van der Waals surface area contributed by atoms with Crippen LogP contribution in [-0.2, 0) is 17.7 Å². The number of hydrogen-bond donors (Lipinski definition) is 2. The average Bonchev–Trinajstić information content (AvgIpc) is 3.33. The molecule has 0 aliphatic carbocycles. The molecule has 2 aromatic rings. The van der Waals surface area contributed by atoms with Crippen LogP contribution < -0.4 is 10.6 Å². The Kier molecular flexibility index (Phi) is 5.87. The minimum atomic E-state index is -0.268. The van der Waals surface area contributed by atoms with Crippen molar-refractivity contribution in [1.29, 1.82) is 0 Å². The molecule has 2 N–H and O–H groups in total. The molecule has 9 heteroatoms. The first-order chi connectivity index (χ1) is 12.6. The van der Waals surface area contributed by atoms with Gasteiger partial charge in [-0.3, -0.25) is 4.68 Å². The predicted octanol–water partition coefficient (Wildman–Crippen LogP) is 2.51. The molecule has 2 amide bonds. The topological polar surface area (TPSA) is 107 Å². The van der Waals surface area contributed by atoms with E-state index in [9.17, 15) is 4.79 Å². The Labute approximate surface area is 152 Å². The van der Waals surface area contributed by atoms with Gasteiger partial charge in [0.2, 0.25) is 0 Å². The predicted molar refractivity (Wildman–Crippen MR) is 94.9 cm³/mol. The van der Waals surface area contributed by atoms with Crippen molar-refractivity contribution in [3.8, 4) is 0 Å². The molecule has 9 nitrogen and oxygen atoms in total. The third-order valence-corrected chi connectivity index (χ3v) is 4.38. The smallest absolute Gasteiger partial charge is 0.319 e. The van der Waals surface area contributed by atoms with Gasteiger partial charge in [0.05, 0.1) is 17.1 Å². The number of hydrogen-bond acceptors (Lipinski definition) is 6. The number of aromatic nitrogens is 4. The SMILES string of the molecule is CCCn1nc(C)c(NC(=O)NCCc2noc(C3CCCO3)n2)c1C. The minimum absolute atomic E-state index is 0.0851. The Morgan fingerprint density at radius 2 is 2.23 bits per heavy atom. The number of carbonyl (C=O) groups is 1. The first kappa shape index (κ1) is 18.4. The van der Waals surface area contributed by atoms with Crippen LogP contribution in [0.15, 0.2) is 4.52 Å². The summed E-state index contributed by atoms with van der Waals surface area (Å²) >= 11 is 0. The highest BCUT2D eigenvalue weighted by Gasteiger charge is 2.23. The van der Waals surface area contributed by atoms with Crippen LogP contribution in [0.2, 0.25) is 0 Å². The fourth-order valence-corrected chi connectivity index (χ4v) is 3.03. The zero-order valence-corrected chi connectivity index (χ0v) is 15.5. The van der Waals surface area contributed by atoms with Crippen LogP contribution in [0.5, 0.6) is 0 Å². The van der Waals surface area contributed by atoms with E-state index in [1.165, 1.54) is 0 Å². The third-order valence-electron chi connectivity index (χ3n) is 4.38. The second-order valence-corrected chi connectivity index (χ2v) is 6.45. The second-order valence-electron chi connectivity index (χ2n) is 6.45. The van der Waals surface area contributed by atoms with E-state index in [4.69, 9.17) is 9.26 Å². The van der Waals surface area contributed by atoms with Crippen LogP contribution in [-0.4, -0.2) is 39.1 Å². The van der Waals surface area contributed by atoms with Crippen molar-refractivity contribution < 1.29 is 14.1 Å². The molecule has 2 aromatic heterocycles. The molecule has 0 bridgehead atoms. The molecule has 26 heavy (non-hydrogen) atoms. The highest BCUT2D eigenvalue weighted by Crippen LogP contribution is 2.26. The normalized spacial score (nSPS) is 16.8. The maximum atomic E-state index is 12.1. The minimum Gasteiger partial charge on any atom is -0.368 e. The standard InChI is InChI=1S/C17H26N6O3/c1-4-9-23-12(3)15(11(2)21-23)20-17(24)18-8-7-14-19-16(26-22-14)13-6-5-10-25-13/h13H,4-10H2,1-3H3,(H2,18,20,24). The fourth-order valence-electron chi connectivity index (χ4n) is 3.03. The van der Waals surface area contributed by atoms with Gasteiger partial charge in [-0.25, -0.2) is 4.79 Å². The van der Waals surface area contributed by atoms with Crippen molar-refractivity contribution in [2.75, 3.05) is 18.5 Å². The lowest BCUT2D eigenvalue weighted by molar-refractivity contribution is 0.0835. The summed E-state index contributed by atoms with van der Waals surface area (Å²) in [7, 11) is 0. The van der Waals surface area contributed by atoms with E-state index in [1.54, 1.807) is 0 Å². The lowest BCUT2D eigenvalue weighted by atomic mass is 10.2. The average molecular weight is 362 g/mol. The van der Waals surface area contributed by atoms with E-state index >= 15 is 0 Å². The van der Waals surface area contributed by atoms with Crippen molar-refractivity contribution in [1.82, 2.24) is 25.2 Å². The lowest BCUT2D eigenvalue weighted by Crippen LogP contribution is -2.31. The van der Waals surface area contributed by atoms with Crippen LogP contribution in [0.25, 0.3) is 0 Å². The van der Waals surface area contributed by atoms with Gasteiger partial charge in [0.25, 0.3) is 5.89 Å². The maximum Gasteiger partial charge on any atom is 0.319 e. The zero-order valence-electron chi connectivity index (χ0n) is 15.5. The summed E-state index contributed by atoms with van der Waals surface area (Å²) in [6.45, 7) is 7.92. The summed E-state index contributed by atoms with van der Waals surface area (Å²) in [4.78, 5) is 16.5. The molecule has 1 saturated heterocycles. The molecule has 0 radical (unpaired) electrons. The molecular formula is C17H26N6O3. The summed E-state index contributed by atoms with van der Waals surface area (Å²) in [5.74, 6) is 1.09. The number of nitrogens with one attached hydrogen (secondary N) is 2. The number of aryl methyl sites for hydroxylation is 2. The Morgan fingerprint density at radius 3 is 2.96 bits per heavy atom. The van der Waals surface area contributed by atoms with Crippen LogP contribution in [0.3, 0.4) is 0 Å². The molecule has 3 heterocycles. The van der Waals surface area contributed by atoms with E-state index in [1.807, 2.05) is 18.5 Å². The molecule has 1 unspecified atom stereocenters. The van der Waals surface area contributed by atoms with E-state index < -0.39 is 0 Å². The third kappa shape index (κ3) is 4.21. The first-order valence-corrected chi connectivity index (χ1v) is 9.11. The Morgan fingerprint density at radius 1 is 1.38 bits per heavy atom. The van der Waals surface area contributed by atoms with Gasteiger partial charge >= 0.3 is 6.03 Å². The van der Waals surface area contributed by atoms with E-state index in [0.717, 1.165) is 49.5 Å². The molecule has 1 fully saturated rings. The molecule has 1 aliphatic heterocycles. The fraction of sp³-hybridized carbons (Fsp3) is 0.647. The number of rotatable bonds is 7. The molecular weight excluding hydrogens is 336 g/mol. The summed E-state index contributed by atoms with van der Waals surface area (Å²) in [5.41, 5.74) is 2.53. The van der Waals surface area contributed by atoms with Crippen LogP contribution >= 0.6 is 0 Å². The van der Waals surface area contributed by atoms with Gasteiger partial charge in [-0.05, 0) is 33.1 Å². The summed E-state index contributed by atoms with van der Waals surface area (Å²) in [6, 6.07) is -0.268. The second kappa shape index (κ2) is 8.31. The molecule has 1 aliphatic rings. The molecule has 0 saturated carbocycles. The maximum absolute atomic E-state index is 12.1. The van der Waals surface area contributed by atoms with Crippen molar-refractivity contribution in [2.24, 2.45) is 0 Å². The summed E-state index contributed by atoms with van der Waals surface area (Å²) in [5, 5.41) is 14.1. The quantitative estimate of drug-likeness (QED) is 0.784. The monoisotopic (exact) mass is 362 g/mol. The lowest BCUT2D eigenvalue weighted by Gasteiger charge is -2.07. The van der Waals surface area contributed by atoms with Gasteiger partial charge in [-0.1, -0.05) is 12.1 Å². The Bertz CT molecular complexity index is 748. The number of urea groups is 1. The van der Waals surface area contributed by atoms with Crippen molar-refractivity contribution >= 4 is 11.7 Å².